The Kier molecular flexibility index (Phi) is 7.60. The average Bonchev–Trinajstić information content (AvgIpc) is 2.52. The summed E-state index contributed by atoms with van der Waals surface area (Å²) in [6.07, 6.45) is 12.4. The van der Waals surface area contributed by atoms with Crippen molar-refractivity contribution in [3.8, 4) is 0 Å². The number of halogens is 1. The first-order valence-corrected chi connectivity index (χ1v) is 9.04. The predicted molar refractivity (Wildman–Crippen MR) is 91.2 cm³/mol. The van der Waals surface area contributed by atoms with Crippen LogP contribution in [-0.2, 0) is 4.74 Å². The molecule has 0 aromatic heterocycles. The summed E-state index contributed by atoms with van der Waals surface area (Å²) >= 11 is 5.95. The maximum atomic E-state index is 6.07. The third-order valence-corrected chi connectivity index (χ3v) is 4.84. The maximum absolute atomic E-state index is 6.07. The van der Waals surface area contributed by atoms with Gasteiger partial charge in [0.15, 0.2) is 0 Å². The number of ether oxygens (including phenoxy) is 1. The topological polar surface area (TPSA) is 9.23 Å². The normalized spacial score (nSPS) is 22.4. The lowest BCUT2D eigenvalue weighted by Gasteiger charge is -2.29. The van der Waals surface area contributed by atoms with E-state index in [2.05, 4.69) is 19.1 Å². The van der Waals surface area contributed by atoms with Crippen LogP contribution >= 0.6 is 11.6 Å². The molecule has 1 fully saturated rings. The molecule has 1 nitrogen and oxygen atoms in total. The Morgan fingerprint density at radius 3 is 2.38 bits per heavy atom. The van der Waals surface area contributed by atoms with Crippen LogP contribution in [0.15, 0.2) is 24.3 Å². The molecule has 1 heterocycles. The minimum atomic E-state index is 0.500. The number of hydrogen-bond donors (Lipinski definition) is 0. The molecule has 118 valence electrons. The van der Waals surface area contributed by atoms with Crippen LogP contribution in [0.4, 0.5) is 0 Å². The monoisotopic (exact) mass is 308 g/mol. The van der Waals surface area contributed by atoms with E-state index in [1.54, 1.807) is 0 Å². The van der Waals surface area contributed by atoms with Gasteiger partial charge in [0.2, 0.25) is 0 Å². The number of rotatable bonds is 8. The van der Waals surface area contributed by atoms with E-state index in [9.17, 15) is 0 Å². The zero-order valence-electron chi connectivity index (χ0n) is 13.3. The molecule has 0 bridgehead atoms. The van der Waals surface area contributed by atoms with Crippen molar-refractivity contribution in [2.45, 2.75) is 76.7 Å². The van der Waals surface area contributed by atoms with Crippen LogP contribution in [0.3, 0.4) is 0 Å². The minimum absolute atomic E-state index is 0.500. The minimum Gasteiger partial charge on any atom is -0.378 e. The zero-order chi connectivity index (χ0) is 14.9. The summed E-state index contributed by atoms with van der Waals surface area (Å²) in [6, 6.07) is 8.26. The predicted octanol–water partition coefficient (Wildman–Crippen LogP) is 6.35. The Labute approximate surface area is 135 Å². The molecule has 1 aliphatic heterocycles. The fourth-order valence-corrected chi connectivity index (χ4v) is 3.31. The third kappa shape index (κ3) is 6.00. The summed E-state index contributed by atoms with van der Waals surface area (Å²) in [5.41, 5.74) is 1.37. The van der Waals surface area contributed by atoms with Crippen LogP contribution in [0.5, 0.6) is 0 Å². The van der Waals surface area contributed by atoms with Gasteiger partial charge in [-0.3, -0.25) is 0 Å². The van der Waals surface area contributed by atoms with Crippen LogP contribution < -0.4 is 0 Å². The van der Waals surface area contributed by atoms with E-state index in [-0.39, 0.29) is 0 Å². The number of hydrogen-bond acceptors (Lipinski definition) is 1. The molecule has 0 radical (unpaired) electrons. The quantitative estimate of drug-likeness (QED) is 0.508. The van der Waals surface area contributed by atoms with Crippen molar-refractivity contribution in [2.24, 2.45) is 0 Å². The molecule has 0 spiro atoms. The highest BCUT2D eigenvalue weighted by Gasteiger charge is 2.22. The SMILES string of the molecule is CCCCCCCCC1CCC(c2ccc(Cl)cc2)CO1. The molecule has 0 amide bonds. The maximum Gasteiger partial charge on any atom is 0.0575 e. The van der Waals surface area contributed by atoms with Gasteiger partial charge in [0.25, 0.3) is 0 Å². The Hall–Kier alpha value is -0.530. The van der Waals surface area contributed by atoms with Gasteiger partial charge < -0.3 is 4.74 Å². The summed E-state index contributed by atoms with van der Waals surface area (Å²) in [7, 11) is 0. The van der Waals surface area contributed by atoms with Gasteiger partial charge in [0.05, 0.1) is 12.7 Å². The number of unbranched alkanes of at least 4 members (excludes halogenated alkanes) is 5. The van der Waals surface area contributed by atoms with E-state index >= 15 is 0 Å². The van der Waals surface area contributed by atoms with E-state index in [4.69, 9.17) is 16.3 Å². The van der Waals surface area contributed by atoms with E-state index in [0.717, 1.165) is 11.6 Å². The van der Waals surface area contributed by atoms with Gasteiger partial charge in [-0.1, -0.05) is 69.2 Å². The summed E-state index contributed by atoms with van der Waals surface area (Å²) in [5, 5.41) is 0.816. The Morgan fingerprint density at radius 1 is 1.00 bits per heavy atom. The lowest BCUT2D eigenvalue weighted by molar-refractivity contribution is -0.00213. The van der Waals surface area contributed by atoms with Gasteiger partial charge in [-0.15, -0.1) is 0 Å². The van der Waals surface area contributed by atoms with Crippen LogP contribution in [0.25, 0.3) is 0 Å². The molecule has 2 heteroatoms. The van der Waals surface area contributed by atoms with Gasteiger partial charge in [-0.2, -0.15) is 0 Å². The van der Waals surface area contributed by atoms with Crippen molar-refractivity contribution >= 4 is 11.6 Å². The molecule has 1 aromatic rings. The van der Waals surface area contributed by atoms with Crippen molar-refractivity contribution in [3.63, 3.8) is 0 Å². The highest BCUT2D eigenvalue weighted by atomic mass is 35.5. The smallest absolute Gasteiger partial charge is 0.0575 e. The van der Waals surface area contributed by atoms with E-state index in [0.29, 0.717) is 12.0 Å². The highest BCUT2D eigenvalue weighted by molar-refractivity contribution is 6.30. The third-order valence-electron chi connectivity index (χ3n) is 4.59. The first-order valence-electron chi connectivity index (χ1n) is 8.66. The molecule has 2 atom stereocenters. The second kappa shape index (κ2) is 9.48. The molecule has 2 unspecified atom stereocenters. The van der Waals surface area contributed by atoms with Crippen LogP contribution in [0.1, 0.15) is 76.2 Å². The molecule has 21 heavy (non-hydrogen) atoms. The zero-order valence-corrected chi connectivity index (χ0v) is 14.1. The Bertz CT molecular complexity index is 379. The largest absolute Gasteiger partial charge is 0.378 e. The fourth-order valence-electron chi connectivity index (χ4n) is 3.18. The fraction of sp³-hybridized carbons (Fsp3) is 0.684. The standard InChI is InChI=1S/C19H29ClO/c1-2-3-4-5-6-7-8-19-14-11-17(15-21-19)16-9-12-18(20)13-10-16/h9-10,12-13,17,19H,2-8,11,14-15H2,1H3. The van der Waals surface area contributed by atoms with E-state index < -0.39 is 0 Å². The van der Waals surface area contributed by atoms with Crippen molar-refractivity contribution in [1.82, 2.24) is 0 Å². The molecule has 0 aliphatic carbocycles. The molecule has 0 N–H and O–H groups in total. The van der Waals surface area contributed by atoms with Gasteiger partial charge in [-0.25, -0.2) is 0 Å². The summed E-state index contributed by atoms with van der Waals surface area (Å²) in [6.45, 7) is 3.15. The van der Waals surface area contributed by atoms with Crippen LogP contribution in [0, 0.1) is 0 Å². The lowest BCUT2D eigenvalue weighted by Crippen LogP contribution is -2.24. The molecule has 1 saturated heterocycles. The van der Waals surface area contributed by atoms with E-state index in [1.807, 2.05) is 12.1 Å². The summed E-state index contributed by atoms with van der Waals surface area (Å²) in [4.78, 5) is 0. The van der Waals surface area contributed by atoms with Gasteiger partial charge in [-0.05, 0) is 37.0 Å². The summed E-state index contributed by atoms with van der Waals surface area (Å²) < 4.78 is 6.07. The van der Waals surface area contributed by atoms with Crippen LogP contribution in [0.2, 0.25) is 5.02 Å². The van der Waals surface area contributed by atoms with Crippen molar-refractivity contribution < 1.29 is 4.74 Å². The molecular formula is C19H29ClO. The van der Waals surface area contributed by atoms with Gasteiger partial charge >= 0.3 is 0 Å². The van der Waals surface area contributed by atoms with Crippen molar-refractivity contribution in [2.75, 3.05) is 6.61 Å². The summed E-state index contributed by atoms with van der Waals surface area (Å²) in [5.74, 6) is 0.558. The first kappa shape index (κ1) is 16.8. The van der Waals surface area contributed by atoms with Gasteiger partial charge in [0, 0.05) is 10.9 Å². The second-order valence-electron chi connectivity index (χ2n) is 6.34. The van der Waals surface area contributed by atoms with E-state index in [1.165, 1.54) is 63.4 Å². The van der Waals surface area contributed by atoms with Crippen molar-refractivity contribution in [3.05, 3.63) is 34.9 Å². The highest BCUT2D eigenvalue weighted by Crippen LogP contribution is 2.30. The van der Waals surface area contributed by atoms with Gasteiger partial charge in [0.1, 0.15) is 0 Å². The van der Waals surface area contributed by atoms with Crippen molar-refractivity contribution in [1.29, 1.82) is 0 Å². The molecule has 1 aliphatic rings. The average molecular weight is 309 g/mol. The Balaban J connectivity index is 1.61. The second-order valence-corrected chi connectivity index (χ2v) is 6.77. The molecule has 1 aromatic carbocycles. The Morgan fingerprint density at radius 2 is 1.71 bits per heavy atom. The lowest BCUT2D eigenvalue weighted by atomic mass is 9.90. The molecule has 0 saturated carbocycles. The molecule has 2 rings (SSSR count). The van der Waals surface area contributed by atoms with Crippen LogP contribution in [-0.4, -0.2) is 12.7 Å². The first-order chi connectivity index (χ1) is 10.3. The number of benzene rings is 1. The molecular weight excluding hydrogens is 280 g/mol.